The lowest BCUT2D eigenvalue weighted by atomic mass is 10.1. The maximum Gasteiger partial charge on any atom is 0.280 e. The largest absolute Gasteiger partial charge is 0.493 e. The van der Waals surface area contributed by atoms with Crippen LogP contribution in [0.5, 0.6) is 11.5 Å². The van der Waals surface area contributed by atoms with E-state index in [4.69, 9.17) is 9.47 Å². The van der Waals surface area contributed by atoms with Gasteiger partial charge in [-0.1, -0.05) is 23.8 Å². The van der Waals surface area contributed by atoms with Crippen molar-refractivity contribution < 1.29 is 14.3 Å². The molecule has 0 aliphatic carbocycles. The van der Waals surface area contributed by atoms with E-state index in [-0.39, 0.29) is 18.0 Å². The maximum atomic E-state index is 13.1. The standard InChI is InChI=1S/C25H26N4O4/c1-17-6-9-19(10-7-17)29-25(31)20-5-4-13-27-24(20)28(29)16-23(30)26-14-12-18-8-11-21(32-2)22(15-18)33-3/h4-11,13,15H,12,14,16H2,1-3H3,(H,26,30). The van der Waals surface area contributed by atoms with Crippen LogP contribution in [0.25, 0.3) is 16.7 Å². The first-order valence-electron chi connectivity index (χ1n) is 10.6. The number of carbonyl (C=O) groups excluding carboxylic acids is 1. The summed E-state index contributed by atoms with van der Waals surface area (Å²) in [7, 11) is 3.18. The molecular weight excluding hydrogens is 420 g/mol. The second-order valence-electron chi connectivity index (χ2n) is 7.67. The van der Waals surface area contributed by atoms with E-state index in [0.29, 0.717) is 41.2 Å². The van der Waals surface area contributed by atoms with Gasteiger partial charge in [0.15, 0.2) is 17.1 Å². The summed E-state index contributed by atoms with van der Waals surface area (Å²) in [5, 5.41) is 3.40. The van der Waals surface area contributed by atoms with Gasteiger partial charge in [0.1, 0.15) is 6.54 Å². The minimum absolute atomic E-state index is 0.0322. The van der Waals surface area contributed by atoms with Gasteiger partial charge in [0, 0.05) is 12.7 Å². The summed E-state index contributed by atoms with van der Waals surface area (Å²) in [6.45, 7) is 2.39. The van der Waals surface area contributed by atoms with Crippen LogP contribution in [-0.4, -0.2) is 41.0 Å². The minimum atomic E-state index is -0.209. The molecule has 0 saturated carbocycles. The predicted molar refractivity (Wildman–Crippen MR) is 126 cm³/mol. The number of methoxy groups -OCH3 is 2. The van der Waals surface area contributed by atoms with E-state index in [0.717, 1.165) is 11.1 Å². The number of fused-ring (bicyclic) bond motifs is 1. The molecule has 0 aliphatic heterocycles. The second kappa shape index (κ2) is 9.60. The highest BCUT2D eigenvalue weighted by Crippen LogP contribution is 2.27. The quantitative estimate of drug-likeness (QED) is 0.450. The highest BCUT2D eigenvalue weighted by atomic mass is 16.5. The summed E-state index contributed by atoms with van der Waals surface area (Å²) in [5.74, 6) is 1.10. The SMILES string of the molecule is COc1ccc(CCNC(=O)Cn2c3ncccc3c(=O)n2-c2ccc(C)cc2)cc1OC. The Bertz CT molecular complexity index is 1340. The summed E-state index contributed by atoms with van der Waals surface area (Å²) in [6, 6.07) is 16.7. The molecule has 0 aliphatic rings. The number of rotatable bonds is 8. The molecular formula is C25H26N4O4. The lowest BCUT2D eigenvalue weighted by molar-refractivity contribution is -0.121. The molecule has 8 heteroatoms. The first kappa shape index (κ1) is 22.1. The number of nitrogens with one attached hydrogen (secondary N) is 1. The molecule has 0 spiro atoms. The Balaban J connectivity index is 1.53. The lowest BCUT2D eigenvalue weighted by Gasteiger charge is -2.13. The Kier molecular flexibility index (Phi) is 6.44. The number of benzene rings is 2. The molecule has 2 heterocycles. The fraction of sp³-hybridized carbons (Fsp3) is 0.240. The number of nitrogens with zero attached hydrogens (tertiary/aromatic N) is 3. The van der Waals surface area contributed by atoms with Gasteiger partial charge in [0.2, 0.25) is 5.91 Å². The van der Waals surface area contributed by atoms with Crippen molar-refractivity contribution in [1.82, 2.24) is 19.7 Å². The van der Waals surface area contributed by atoms with E-state index in [2.05, 4.69) is 10.3 Å². The van der Waals surface area contributed by atoms with Crippen molar-refractivity contribution in [3.63, 3.8) is 0 Å². The Labute approximate surface area is 191 Å². The van der Waals surface area contributed by atoms with E-state index in [1.807, 2.05) is 49.4 Å². The smallest absolute Gasteiger partial charge is 0.280 e. The summed E-state index contributed by atoms with van der Waals surface area (Å²) in [5.41, 5.74) is 3.04. The molecule has 0 unspecified atom stereocenters. The molecule has 4 rings (SSSR count). The van der Waals surface area contributed by atoms with E-state index < -0.39 is 0 Å². The Morgan fingerprint density at radius 2 is 1.79 bits per heavy atom. The average molecular weight is 447 g/mol. The molecule has 33 heavy (non-hydrogen) atoms. The van der Waals surface area contributed by atoms with E-state index in [1.165, 1.54) is 4.68 Å². The van der Waals surface area contributed by atoms with E-state index >= 15 is 0 Å². The molecule has 0 fully saturated rings. The van der Waals surface area contributed by atoms with Gasteiger partial charge < -0.3 is 14.8 Å². The molecule has 170 valence electrons. The maximum absolute atomic E-state index is 13.1. The molecule has 1 N–H and O–H groups in total. The highest BCUT2D eigenvalue weighted by molar-refractivity contribution is 5.80. The first-order chi connectivity index (χ1) is 16.0. The van der Waals surface area contributed by atoms with Crippen molar-refractivity contribution in [3.8, 4) is 17.2 Å². The first-order valence-corrected chi connectivity index (χ1v) is 10.6. The summed E-state index contributed by atoms with van der Waals surface area (Å²) in [6.07, 6.45) is 2.24. The molecule has 1 amide bonds. The van der Waals surface area contributed by atoms with Gasteiger partial charge in [0.25, 0.3) is 5.56 Å². The molecule has 0 bridgehead atoms. The number of hydrogen-bond acceptors (Lipinski definition) is 5. The fourth-order valence-corrected chi connectivity index (χ4v) is 3.75. The van der Waals surface area contributed by atoms with Crippen molar-refractivity contribution in [2.45, 2.75) is 19.9 Å². The molecule has 0 radical (unpaired) electrons. The number of hydrogen-bond donors (Lipinski definition) is 1. The number of amides is 1. The van der Waals surface area contributed by atoms with Crippen molar-refractivity contribution in [2.75, 3.05) is 20.8 Å². The van der Waals surface area contributed by atoms with Crippen LogP contribution >= 0.6 is 0 Å². The van der Waals surface area contributed by atoms with Gasteiger partial charge in [-0.05, 0) is 55.3 Å². The van der Waals surface area contributed by atoms with Gasteiger partial charge in [0.05, 0.1) is 25.3 Å². The van der Waals surface area contributed by atoms with Crippen molar-refractivity contribution in [2.24, 2.45) is 0 Å². The Morgan fingerprint density at radius 1 is 1.03 bits per heavy atom. The van der Waals surface area contributed by atoms with Gasteiger partial charge in [-0.25, -0.2) is 9.67 Å². The van der Waals surface area contributed by atoms with Crippen LogP contribution in [0.3, 0.4) is 0 Å². The van der Waals surface area contributed by atoms with Crippen molar-refractivity contribution in [3.05, 3.63) is 82.3 Å². The van der Waals surface area contributed by atoms with Crippen molar-refractivity contribution >= 4 is 16.9 Å². The third-order valence-electron chi connectivity index (χ3n) is 5.45. The van der Waals surface area contributed by atoms with Gasteiger partial charge in [-0.15, -0.1) is 0 Å². The van der Waals surface area contributed by atoms with E-state index in [9.17, 15) is 9.59 Å². The highest BCUT2D eigenvalue weighted by Gasteiger charge is 2.17. The molecule has 2 aromatic heterocycles. The predicted octanol–water partition coefficient (Wildman–Crippen LogP) is 2.87. The van der Waals surface area contributed by atoms with Crippen LogP contribution < -0.4 is 20.3 Å². The summed E-state index contributed by atoms with van der Waals surface area (Å²) >= 11 is 0. The van der Waals surface area contributed by atoms with Gasteiger partial charge in [-0.2, -0.15) is 0 Å². The Morgan fingerprint density at radius 3 is 2.52 bits per heavy atom. The molecule has 4 aromatic rings. The van der Waals surface area contributed by atoms with Crippen LogP contribution in [-0.2, 0) is 17.8 Å². The number of carbonyl (C=O) groups is 1. The van der Waals surface area contributed by atoms with Gasteiger partial charge >= 0.3 is 0 Å². The third-order valence-corrected chi connectivity index (χ3v) is 5.45. The zero-order valence-corrected chi connectivity index (χ0v) is 18.9. The summed E-state index contributed by atoms with van der Waals surface area (Å²) < 4.78 is 13.7. The topological polar surface area (TPSA) is 87.4 Å². The monoisotopic (exact) mass is 446 g/mol. The Hall–Kier alpha value is -4.07. The van der Waals surface area contributed by atoms with Gasteiger partial charge in [-0.3, -0.25) is 14.3 Å². The molecule has 0 atom stereocenters. The lowest BCUT2D eigenvalue weighted by Crippen LogP contribution is -2.32. The molecule has 0 saturated heterocycles. The number of aromatic nitrogens is 3. The van der Waals surface area contributed by atoms with Crippen LogP contribution in [0.15, 0.2) is 65.6 Å². The van der Waals surface area contributed by atoms with Crippen LogP contribution in [0.1, 0.15) is 11.1 Å². The average Bonchev–Trinajstić information content (AvgIpc) is 3.11. The molecule has 2 aromatic carbocycles. The fourth-order valence-electron chi connectivity index (χ4n) is 3.75. The van der Waals surface area contributed by atoms with Crippen LogP contribution in [0, 0.1) is 6.92 Å². The summed E-state index contributed by atoms with van der Waals surface area (Å²) in [4.78, 5) is 30.2. The zero-order valence-electron chi connectivity index (χ0n) is 18.9. The number of pyridine rings is 1. The zero-order chi connectivity index (χ0) is 23.4. The van der Waals surface area contributed by atoms with E-state index in [1.54, 1.807) is 37.2 Å². The third kappa shape index (κ3) is 4.59. The van der Waals surface area contributed by atoms with Crippen LogP contribution in [0.2, 0.25) is 0 Å². The minimum Gasteiger partial charge on any atom is -0.493 e. The normalized spacial score (nSPS) is 10.9. The molecule has 8 nitrogen and oxygen atoms in total. The van der Waals surface area contributed by atoms with Crippen molar-refractivity contribution in [1.29, 1.82) is 0 Å². The second-order valence-corrected chi connectivity index (χ2v) is 7.67. The number of ether oxygens (including phenoxy) is 2. The van der Waals surface area contributed by atoms with Crippen LogP contribution in [0.4, 0.5) is 0 Å². The number of aryl methyl sites for hydroxylation is 1.